The van der Waals surface area contributed by atoms with Crippen molar-refractivity contribution in [2.75, 3.05) is 13.2 Å². The topological polar surface area (TPSA) is 25.1 Å². The van der Waals surface area contributed by atoms with Crippen LogP contribution in [0.15, 0.2) is 24.3 Å². The molecule has 2 heteroatoms. The van der Waals surface area contributed by atoms with Crippen molar-refractivity contribution >= 4 is 10.8 Å². The van der Waals surface area contributed by atoms with E-state index in [1.54, 1.807) is 0 Å². The van der Waals surface area contributed by atoms with Gasteiger partial charge in [0.05, 0.1) is 25.4 Å². The Labute approximate surface area is 119 Å². The summed E-state index contributed by atoms with van der Waals surface area (Å²) in [6.45, 7) is 6.28. The minimum absolute atomic E-state index is 0.430. The number of rotatable bonds is 4. The maximum atomic E-state index is 5.48. The van der Waals surface area contributed by atoms with Gasteiger partial charge in [0.2, 0.25) is 0 Å². The summed E-state index contributed by atoms with van der Waals surface area (Å²) in [6.07, 6.45) is 2.96. The Morgan fingerprint density at radius 3 is 2.40 bits per heavy atom. The molecule has 2 unspecified atom stereocenters. The Morgan fingerprint density at radius 1 is 1.00 bits per heavy atom. The molecule has 0 saturated carbocycles. The maximum absolute atomic E-state index is 5.48. The fraction of sp³-hybridized carbons (Fsp3) is 0.444. The Bertz CT molecular complexity index is 667. The predicted molar refractivity (Wildman–Crippen MR) is 80.3 cm³/mol. The van der Waals surface area contributed by atoms with Gasteiger partial charge in [0.15, 0.2) is 0 Å². The van der Waals surface area contributed by atoms with E-state index in [1.807, 2.05) is 0 Å². The number of epoxide rings is 2. The summed E-state index contributed by atoms with van der Waals surface area (Å²) >= 11 is 0. The van der Waals surface area contributed by atoms with Gasteiger partial charge in [-0.05, 0) is 46.9 Å². The molecule has 2 saturated heterocycles. The molecule has 0 bridgehead atoms. The molecule has 0 radical (unpaired) electrons. The zero-order valence-corrected chi connectivity index (χ0v) is 12.1. The molecule has 2 heterocycles. The van der Waals surface area contributed by atoms with Gasteiger partial charge in [0.25, 0.3) is 0 Å². The summed E-state index contributed by atoms with van der Waals surface area (Å²) < 4.78 is 10.9. The highest BCUT2D eigenvalue weighted by Crippen LogP contribution is 2.33. The molecule has 2 fully saturated rings. The van der Waals surface area contributed by atoms with Crippen LogP contribution in [-0.4, -0.2) is 25.4 Å². The minimum atomic E-state index is 0.430. The third-order valence-corrected chi connectivity index (χ3v) is 4.46. The molecular formula is C18H20O2. The zero-order chi connectivity index (χ0) is 13.7. The third kappa shape index (κ3) is 2.23. The van der Waals surface area contributed by atoms with Crippen molar-refractivity contribution in [2.24, 2.45) is 0 Å². The average Bonchev–Trinajstić information content (AvgIpc) is 3.29. The highest BCUT2D eigenvalue weighted by atomic mass is 16.6. The van der Waals surface area contributed by atoms with Crippen LogP contribution in [0.1, 0.15) is 22.3 Å². The first-order chi connectivity index (χ1) is 9.72. The van der Waals surface area contributed by atoms with Gasteiger partial charge in [0.1, 0.15) is 0 Å². The Balaban J connectivity index is 1.91. The van der Waals surface area contributed by atoms with Crippen molar-refractivity contribution in [3.8, 4) is 0 Å². The second-order valence-corrected chi connectivity index (χ2v) is 6.15. The summed E-state index contributed by atoms with van der Waals surface area (Å²) in [7, 11) is 0. The van der Waals surface area contributed by atoms with Crippen LogP contribution < -0.4 is 0 Å². The van der Waals surface area contributed by atoms with Crippen LogP contribution in [0.2, 0.25) is 0 Å². The number of ether oxygens (including phenoxy) is 2. The average molecular weight is 268 g/mol. The van der Waals surface area contributed by atoms with E-state index in [0.29, 0.717) is 12.2 Å². The van der Waals surface area contributed by atoms with Crippen molar-refractivity contribution < 1.29 is 9.47 Å². The molecule has 0 amide bonds. The van der Waals surface area contributed by atoms with E-state index in [4.69, 9.17) is 9.47 Å². The monoisotopic (exact) mass is 268 g/mol. The summed E-state index contributed by atoms with van der Waals surface area (Å²) in [5.41, 5.74) is 5.70. The molecule has 0 spiro atoms. The molecule has 2 aliphatic heterocycles. The molecule has 0 N–H and O–H groups in total. The van der Waals surface area contributed by atoms with Crippen molar-refractivity contribution in [3.05, 3.63) is 46.5 Å². The van der Waals surface area contributed by atoms with Gasteiger partial charge < -0.3 is 9.47 Å². The standard InChI is InChI=1S/C18H20O2/c1-11-4-3-5-16-12(2)6-13(7-14-9-19-14)17(18(11)16)8-15-10-20-15/h3-6,14-15H,7-10H2,1-2H3. The van der Waals surface area contributed by atoms with Crippen molar-refractivity contribution in [2.45, 2.75) is 38.9 Å². The normalized spacial score (nSPS) is 24.1. The number of hydrogen-bond acceptors (Lipinski definition) is 2. The first kappa shape index (κ1) is 12.4. The fourth-order valence-electron chi connectivity index (χ4n) is 3.24. The van der Waals surface area contributed by atoms with Crippen LogP contribution in [0.4, 0.5) is 0 Å². The summed E-state index contributed by atoms with van der Waals surface area (Å²) in [5, 5.41) is 2.83. The predicted octanol–water partition coefficient (Wildman–Crippen LogP) is 3.34. The SMILES string of the molecule is Cc1cc(CC2CO2)c(CC2CO2)c2c(C)cccc12. The van der Waals surface area contributed by atoms with E-state index < -0.39 is 0 Å². The number of hydrogen-bond donors (Lipinski definition) is 0. The van der Waals surface area contributed by atoms with Gasteiger partial charge in [-0.15, -0.1) is 0 Å². The largest absolute Gasteiger partial charge is 0.373 e. The Morgan fingerprint density at radius 2 is 1.70 bits per heavy atom. The van der Waals surface area contributed by atoms with Crippen LogP contribution in [0.5, 0.6) is 0 Å². The second kappa shape index (κ2) is 4.57. The zero-order valence-electron chi connectivity index (χ0n) is 12.1. The Hall–Kier alpha value is -1.38. The molecule has 2 aliphatic rings. The second-order valence-electron chi connectivity index (χ2n) is 6.15. The lowest BCUT2D eigenvalue weighted by Gasteiger charge is -2.16. The van der Waals surface area contributed by atoms with Crippen molar-refractivity contribution in [1.29, 1.82) is 0 Å². The molecule has 2 aromatic carbocycles. The minimum Gasteiger partial charge on any atom is -0.373 e. The molecule has 0 aromatic heterocycles. The molecule has 20 heavy (non-hydrogen) atoms. The molecule has 2 aromatic rings. The van der Waals surface area contributed by atoms with E-state index in [1.165, 1.54) is 33.0 Å². The molecule has 2 nitrogen and oxygen atoms in total. The lowest BCUT2D eigenvalue weighted by Crippen LogP contribution is -2.05. The van der Waals surface area contributed by atoms with Gasteiger partial charge in [0, 0.05) is 12.8 Å². The van der Waals surface area contributed by atoms with E-state index in [9.17, 15) is 0 Å². The smallest absolute Gasteiger partial charge is 0.0850 e. The van der Waals surface area contributed by atoms with E-state index >= 15 is 0 Å². The third-order valence-electron chi connectivity index (χ3n) is 4.46. The van der Waals surface area contributed by atoms with E-state index in [-0.39, 0.29) is 0 Å². The summed E-state index contributed by atoms with van der Waals surface area (Å²) in [6, 6.07) is 8.98. The highest BCUT2D eigenvalue weighted by Gasteiger charge is 2.29. The van der Waals surface area contributed by atoms with Crippen LogP contribution in [0.3, 0.4) is 0 Å². The van der Waals surface area contributed by atoms with Crippen LogP contribution in [0.25, 0.3) is 10.8 Å². The first-order valence-corrected chi connectivity index (χ1v) is 7.46. The van der Waals surface area contributed by atoms with Crippen molar-refractivity contribution in [3.63, 3.8) is 0 Å². The Kier molecular flexibility index (Phi) is 2.83. The number of fused-ring (bicyclic) bond motifs is 1. The van der Waals surface area contributed by atoms with Gasteiger partial charge in [-0.1, -0.05) is 24.3 Å². The molecule has 0 aliphatic carbocycles. The number of benzene rings is 2. The van der Waals surface area contributed by atoms with Gasteiger partial charge in [-0.2, -0.15) is 0 Å². The van der Waals surface area contributed by atoms with E-state index in [0.717, 1.165) is 26.1 Å². The fourth-order valence-corrected chi connectivity index (χ4v) is 3.24. The first-order valence-electron chi connectivity index (χ1n) is 7.46. The van der Waals surface area contributed by atoms with Crippen LogP contribution >= 0.6 is 0 Å². The quantitative estimate of drug-likeness (QED) is 0.795. The highest BCUT2D eigenvalue weighted by molar-refractivity contribution is 5.92. The lowest BCUT2D eigenvalue weighted by molar-refractivity contribution is 0.402. The van der Waals surface area contributed by atoms with Crippen LogP contribution in [-0.2, 0) is 22.3 Å². The van der Waals surface area contributed by atoms with Gasteiger partial charge >= 0.3 is 0 Å². The molecule has 2 atom stereocenters. The molecule has 4 rings (SSSR count). The van der Waals surface area contributed by atoms with E-state index in [2.05, 4.69) is 38.1 Å². The van der Waals surface area contributed by atoms with Gasteiger partial charge in [-0.3, -0.25) is 0 Å². The molecule has 104 valence electrons. The lowest BCUT2D eigenvalue weighted by atomic mass is 9.88. The summed E-state index contributed by atoms with van der Waals surface area (Å²) in [5.74, 6) is 0. The van der Waals surface area contributed by atoms with Crippen molar-refractivity contribution in [1.82, 2.24) is 0 Å². The van der Waals surface area contributed by atoms with Gasteiger partial charge in [-0.25, -0.2) is 0 Å². The maximum Gasteiger partial charge on any atom is 0.0850 e. The van der Waals surface area contributed by atoms with Crippen LogP contribution in [0, 0.1) is 13.8 Å². The number of aryl methyl sites for hydroxylation is 2. The summed E-state index contributed by atoms with van der Waals surface area (Å²) in [4.78, 5) is 0. The molecular weight excluding hydrogens is 248 g/mol.